The van der Waals surface area contributed by atoms with Crippen molar-refractivity contribution < 1.29 is 13.9 Å². The van der Waals surface area contributed by atoms with Gasteiger partial charge in [0.15, 0.2) is 0 Å². The summed E-state index contributed by atoms with van der Waals surface area (Å²) in [4.78, 5) is 24.4. The molecule has 0 aliphatic carbocycles. The molecule has 0 saturated carbocycles. The van der Waals surface area contributed by atoms with Crippen LogP contribution in [0.25, 0.3) is 0 Å². The number of carbonyl (C=O) groups excluding carboxylic acids is 1. The molecule has 2 aliphatic heterocycles. The molecule has 1 aromatic heterocycles. The van der Waals surface area contributed by atoms with E-state index in [1.54, 1.807) is 29.3 Å². The molecule has 0 radical (unpaired) electrons. The SMILES string of the molecule is O=C(c1ccc2c(c1)CCO2)N(CC1CCNCC1)c1ccnc(NCc2ccc(F)cc2)n1. The van der Waals surface area contributed by atoms with Gasteiger partial charge >= 0.3 is 0 Å². The Labute approximate surface area is 198 Å². The quantitative estimate of drug-likeness (QED) is 0.557. The lowest BCUT2D eigenvalue weighted by Crippen LogP contribution is -2.40. The van der Waals surface area contributed by atoms with E-state index in [0.29, 0.717) is 42.9 Å². The number of anilines is 2. The van der Waals surface area contributed by atoms with Crippen LogP contribution in [-0.2, 0) is 13.0 Å². The van der Waals surface area contributed by atoms with E-state index in [1.165, 1.54) is 12.1 Å². The van der Waals surface area contributed by atoms with Crippen molar-refractivity contribution in [3.8, 4) is 5.75 Å². The topological polar surface area (TPSA) is 79.4 Å². The van der Waals surface area contributed by atoms with Crippen molar-refractivity contribution in [1.82, 2.24) is 15.3 Å². The number of benzene rings is 2. The third kappa shape index (κ3) is 5.17. The van der Waals surface area contributed by atoms with Gasteiger partial charge in [0.05, 0.1) is 6.61 Å². The number of piperidine rings is 1. The zero-order valence-corrected chi connectivity index (χ0v) is 19.0. The first-order valence-electron chi connectivity index (χ1n) is 11.8. The van der Waals surface area contributed by atoms with E-state index in [0.717, 1.165) is 49.2 Å². The summed E-state index contributed by atoms with van der Waals surface area (Å²) in [5.41, 5.74) is 2.62. The number of nitrogens with zero attached hydrogens (tertiary/aromatic N) is 3. The van der Waals surface area contributed by atoms with Crippen LogP contribution in [0.2, 0.25) is 0 Å². The molecule has 176 valence electrons. The van der Waals surface area contributed by atoms with Crippen LogP contribution in [0.5, 0.6) is 5.75 Å². The number of hydrogen-bond donors (Lipinski definition) is 2. The van der Waals surface area contributed by atoms with Crippen molar-refractivity contribution >= 4 is 17.7 Å². The number of nitrogens with one attached hydrogen (secondary N) is 2. The van der Waals surface area contributed by atoms with Gasteiger partial charge in [-0.3, -0.25) is 9.69 Å². The number of hydrogen-bond acceptors (Lipinski definition) is 6. The molecule has 0 spiro atoms. The second-order valence-electron chi connectivity index (χ2n) is 8.75. The molecule has 1 amide bonds. The number of aromatic nitrogens is 2. The molecule has 1 fully saturated rings. The molecular weight excluding hydrogens is 433 g/mol. The molecule has 7 nitrogen and oxygen atoms in total. The normalized spacial score (nSPS) is 15.4. The Morgan fingerprint density at radius 2 is 1.97 bits per heavy atom. The molecule has 1 saturated heterocycles. The molecule has 8 heteroatoms. The van der Waals surface area contributed by atoms with E-state index in [2.05, 4.69) is 20.6 Å². The Hall–Kier alpha value is -3.52. The van der Waals surface area contributed by atoms with Crippen molar-refractivity contribution in [1.29, 1.82) is 0 Å². The van der Waals surface area contributed by atoms with Gasteiger partial charge in [0, 0.05) is 31.3 Å². The van der Waals surface area contributed by atoms with Crippen molar-refractivity contribution in [2.75, 3.05) is 36.5 Å². The number of fused-ring (bicyclic) bond motifs is 1. The van der Waals surface area contributed by atoms with Gasteiger partial charge in [-0.25, -0.2) is 9.37 Å². The summed E-state index contributed by atoms with van der Waals surface area (Å²) in [6, 6.07) is 13.7. The van der Waals surface area contributed by atoms with E-state index in [9.17, 15) is 9.18 Å². The number of rotatable bonds is 7. The monoisotopic (exact) mass is 461 g/mol. The van der Waals surface area contributed by atoms with Crippen molar-refractivity contribution in [3.05, 3.63) is 77.2 Å². The maximum absolute atomic E-state index is 13.7. The first-order valence-corrected chi connectivity index (χ1v) is 11.8. The zero-order valence-electron chi connectivity index (χ0n) is 19.0. The fourth-order valence-electron chi connectivity index (χ4n) is 4.45. The average molecular weight is 462 g/mol. The Morgan fingerprint density at radius 3 is 2.79 bits per heavy atom. The van der Waals surface area contributed by atoms with Crippen LogP contribution in [0.3, 0.4) is 0 Å². The second-order valence-corrected chi connectivity index (χ2v) is 8.75. The molecule has 2 aliphatic rings. The van der Waals surface area contributed by atoms with Crippen LogP contribution in [0.1, 0.15) is 34.3 Å². The predicted molar refractivity (Wildman–Crippen MR) is 129 cm³/mol. The molecule has 34 heavy (non-hydrogen) atoms. The highest BCUT2D eigenvalue weighted by molar-refractivity contribution is 6.05. The molecule has 2 N–H and O–H groups in total. The average Bonchev–Trinajstić information content (AvgIpc) is 3.35. The molecule has 5 rings (SSSR count). The van der Waals surface area contributed by atoms with Crippen LogP contribution in [-0.4, -0.2) is 42.1 Å². The van der Waals surface area contributed by atoms with E-state index in [1.807, 2.05) is 18.2 Å². The lowest BCUT2D eigenvalue weighted by Gasteiger charge is -2.30. The van der Waals surface area contributed by atoms with E-state index in [-0.39, 0.29) is 11.7 Å². The lowest BCUT2D eigenvalue weighted by molar-refractivity contribution is 0.0980. The fraction of sp³-hybridized carbons (Fsp3) is 0.346. The lowest BCUT2D eigenvalue weighted by atomic mass is 9.97. The molecule has 0 unspecified atom stereocenters. The summed E-state index contributed by atoms with van der Waals surface area (Å²) in [5.74, 6) is 1.90. The third-order valence-corrected chi connectivity index (χ3v) is 6.36. The van der Waals surface area contributed by atoms with Crippen molar-refractivity contribution in [2.45, 2.75) is 25.8 Å². The van der Waals surface area contributed by atoms with Crippen LogP contribution < -0.4 is 20.3 Å². The van der Waals surface area contributed by atoms with E-state index >= 15 is 0 Å². The first-order chi connectivity index (χ1) is 16.7. The summed E-state index contributed by atoms with van der Waals surface area (Å²) in [7, 11) is 0. The van der Waals surface area contributed by atoms with Gasteiger partial charge < -0.3 is 15.4 Å². The molecule has 2 aromatic carbocycles. The van der Waals surface area contributed by atoms with Gasteiger partial charge in [0.1, 0.15) is 17.4 Å². The van der Waals surface area contributed by atoms with Gasteiger partial charge in [0.2, 0.25) is 5.95 Å². The highest BCUT2D eigenvalue weighted by Gasteiger charge is 2.26. The second kappa shape index (κ2) is 10.2. The minimum atomic E-state index is -0.271. The standard InChI is InChI=1S/C26H28FN5O2/c27-22-4-1-18(2-5-22)16-30-26-29-13-9-24(31-26)32(17-19-7-11-28-12-8-19)25(33)21-3-6-23-20(15-21)10-14-34-23/h1-6,9,13,15,19,28H,7-8,10-12,14,16-17H2,(H,29,30,31). The smallest absolute Gasteiger partial charge is 0.259 e. The summed E-state index contributed by atoms with van der Waals surface area (Å²) in [5, 5.41) is 6.57. The molecular formula is C26H28FN5O2. The number of ether oxygens (including phenoxy) is 1. The first kappa shape index (κ1) is 22.3. The Morgan fingerprint density at radius 1 is 1.15 bits per heavy atom. The molecule has 3 heterocycles. The van der Waals surface area contributed by atoms with Gasteiger partial charge in [0.25, 0.3) is 5.91 Å². The third-order valence-electron chi connectivity index (χ3n) is 6.36. The Kier molecular flexibility index (Phi) is 6.67. The number of carbonyl (C=O) groups is 1. The van der Waals surface area contributed by atoms with Crippen LogP contribution in [0.15, 0.2) is 54.7 Å². The minimum Gasteiger partial charge on any atom is -0.493 e. The highest BCUT2D eigenvalue weighted by Crippen LogP contribution is 2.28. The summed E-state index contributed by atoms with van der Waals surface area (Å²) < 4.78 is 18.8. The number of halogens is 1. The van der Waals surface area contributed by atoms with Crippen LogP contribution >= 0.6 is 0 Å². The van der Waals surface area contributed by atoms with Gasteiger partial charge in [-0.15, -0.1) is 0 Å². The maximum atomic E-state index is 13.7. The summed E-state index contributed by atoms with van der Waals surface area (Å²) in [6.07, 6.45) is 4.51. The van der Waals surface area contributed by atoms with Gasteiger partial charge in [-0.2, -0.15) is 4.98 Å². The number of amides is 1. The van der Waals surface area contributed by atoms with E-state index in [4.69, 9.17) is 4.74 Å². The minimum absolute atomic E-state index is 0.0728. The Bertz CT molecular complexity index is 1150. The van der Waals surface area contributed by atoms with Gasteiger partial charge in [-0.1, -0.05) is 12.1 Å². The van der Waals surface area contributed by atoms with Crippen LogP contribution in [0, 0.1) is 11.7 Å². The van der Waals surface area contributed by atoms with Crippen molar-refractivity contribution in [3.63, 3.8) is 0 Å². The van der Waals surface area contributed by atoms with Crippen molar-refractivity contribution in [2.24, 2.45) is 5.92 Å². The van der Waals surface area contributed by atoms with Gasteiger partial charge in [-0.05, 0) is 79.4 Å². The van der Waals surface area contributed by atoms with Crippen LogP contribution in [0.4, 0.5) is 16.2 Å². The largest absolute Gasteiger partial charge is 0.493 e. The molecule has 0 bridgehead atoms. The maximum Gasteiger partial charge on any atom is 0.259 e. The summed E-state index contributed by atoms with van der Waals surface area (Å²) >= 11 is 0. The van der Waals surface area contributed by atoms with E-state index < -0.39 is 0 Å². The molecule has 3 aromatic rings. The highest BCUT2D eigenvalue weighted by atomic mass is 19.1. The zero-order chi connectivity index (χ0) is 23.3. The summed E-state index contributed by atoms with van der Waals surface area (Å²) in [6.45, 7) is 3.62. The molecule has 0 atom stereocenters. The Balaban J connectivity index is 1.38. The fourth-order valence-corrected chi connectivity index (χ4v) is 4.45. The predicted octanol–water partition coefficient (Wildman–Crippen LogP) is 3.81.